The van der Waals surface area contributed by atoms with Gasteiger partial charge in [-0.2, -0.15) is 0 Å². The monoisotopic (exact) mass is 679 g/mol. The Balaban J connectivity index is 1.03. The lowest BCUT2D eigenvalue weighted by atomic mass is 9.81. The van der Waals surface area contributed by atoms with Crippen LogP contribution in [-0.2, 0) is 5.41 Å². The average molecular weight is 680 g/mol. The molecule has 0 spiro atoms. The first kappa shape index (κ1) is 31.1. The molecule has 53 heavy (non-hydrogen) atoms. The summed E-state index contributed by atoms with van der Waals surface area (Å²) in [4.78, 5) is 2.35. The Kier molecular flexibility index (Phi) is 7.19. The van der Waals surface area contributed by atoms with Crippen molar-refractivity contribution >= 4 is 38.8 Å². The second-order valence-corrected chi connectivity index (χ2v) is 14.6. The molecule has 0 saturated carbocycles. The van der Waals surface area contributed by atoms with Crippen LogP contribution in [-0.4, -0.2) is 0 Å². The lowest BCUT2D eigenvalue weighted by molar-refractivity contribution is 0.619. The summed E-state index contributed by atoms with van der Waals surface area (Å²) in [6.07, 6.45) is 0. The predicted molar refractivity (Wildman–Crippen MR) is 222 cm³/mol. The molecule has 0 amide bonds. The summed E-state index contributed by atoms with van der Waals surface area (Å²) in [5, 5.41) is 3.61. The van der Waals surface area contributed by atoms with Gasteiger partial charge in [0, 0.05) is 39.0 Å². The molecular formula is C51H37NO. The maximum atomic E-state index is 6.50. The van der Waals surface area contributed by atoms with Gasteiger partial charge in [-0.3, -0.25) is 0 Å². The van der Waals surface area contributed by atoms with Gasteiger partial charge < -0.3 is 9.32 Å². The van der Waals surface area contributed by atoms with Crippen molar-refractivity contribution < 1.29 is 4.42 Å². The Morgan fingerprint density at radius 2 is 0.906 bits per heavy atom. The van der Waals surface area contributed by atoms with E-state index < -0.39 is 0 Å². The van der Waals surface area contributed by atoms with Crippen molar-refractivity contribution in [3.63, 3.8) is 0 Å². The minimum Gasteiger partial charge on any atom is -0.456 e. The van der Waals surface area contributed by atoms with Crippen LogP contribution in [0.2, 0.25) is 0 Å². The quantitative estimate of drug-likeness (QED) is 0.174. The number of benzene rings is 8. The number of hydrogen-bond donors (Lipinski definition) is 0. The van der Waals surface area contributed by atoms with Gasteiger partial charge in [0.25, 0.3) is 0 Å². The number of rotatable bonds is 6. The van der Waals surface area contributed by atoms with Crippen LogP contribution in [0.5, 0.6) is 0 Å². The molecule has 0 bridgehead atoms. The smallest absolute Gasteiger partial charge is 0.139 e. The molecule has 252 valence electrons. The molecule has 1 aromatic heterocycles. The maximum absolute atomic E-state index is 6.50. The Morgan fingerprint density at radius 1 is 0.415 bits per heavy atom. The number of nitrogens with zero attached hydrogens (tertiary/aromatic N) is 1. The highest BCUT2D eigenvalue weighted by Crippen LogP contribution is 2.53. The van der Waals surface area contributed by atoms with Gasteiger partial charge in [-0.15, -0.1) is 0 Å². The first-order valence-corrected chi connectivity index (χ1v) is 18.3. The topological polar surface area (TPSA) is 16.4 Å². The SMILES string of the molecule is CC1(C)c2ccc(-c3ccc4cc(N(c5ccc(-c6ccccc6)cc5)c5ccc(-c6ccccc6)cc5)ccc4c3)cc2-c2oc3ccccc3c21. The van der Waals surface area contributed by atoms with Crippen molar-refractivity contribution in [2.45, 2.75) is 19.3 Å². The number of anilines is 3. The molecular weight excluding hydrogens is 643 g/mol. The van der Waals surface area contributed by atoms with E-state index in [2.05, 4.69) is 201 Å². The Hall–Kier alpha value is -6.64. The number of hydrogen-bond acceptors (Lipinski definition) is 2. The third-order valence-electron chi connectivity index (χ3n) is 11.0. The van der Waals surface area contributed by atoms with Crippen molar-refractivity contribution in [2.24, 2.45) is 0 Å². The van der Waals surface area contributed by atoms with Gasteiger partial charge in [0.1, 0.15) is 11.3 Å². The van der Waals surface area contributed by atoms with Gasteiger partial charge in [-0.1, -0.05) is 147 Å². The van der Waals surface area contributed by atoms with Crippen molar-refractivity contribution in [3.8, 4) is 44.7 Å². The zero-order chi connectivity index (χ0) is 35.5. The molecule has 2 heteroatoms. The molecule has 0 saturated heterocycles. The average Bonchev–Trinajstić information content (AvgIpc) is 3.72. The third kappa shape index (κ3) is 5.26. The molecule has 1 aliphatic carbocycles. The van der Waals surface area contributed by atoms with Crippen LogP contribution in [0.3, 0.4) is 0 Å². The zero-order valence-electron chi connectivity index (χ0n) is 29.8. The van der Waals surface area contributed by atoms with E-state index in [-0.39, 0.29) is 5.41 Å². The van der Waals surface area contributed by atoms with E-state index in [1.807, 2.05) is 6.07 Å². The van der Waals surface area contributed by atoms with Crippen LogP contribution >= 0.6 is 0 Å². The lowest BCUT2D eigenvalue weighted by Crippen LogP contribution is -2.14. The summed E-state index contributed by atoms with van der Waals surface area (Å²) >= 11 is 0. The van der Waals surface area contributed by atoms with E-state index in [9.17, 15) is 0 Å². The number of para-hydroxylation sites is 1. The molecule has 0 fully saturated rings. The molecule has 0 unspecified atom stereocenters. The summed E-state index contributed by atoms with van der Waals surface area (Å²) < 4.78 is 6.50. The predicted octanol–water partition coefficient (Wildman–Crippen LogP) is 14.4. The first-order valence-electron chi connectivity index (χ1n) is 18.3. The first-order chi connectivity index (χ1) is 26.0. The minimum absolute atomic E-state index is 0.120. The number of furan rings is 1. The van der Waals surface area contributed by atoms with E-state index in [4.69, 9.17) is 4.42 Å². The van der Waals surface area contributed by atoms with Gasteiger partial charge >= 0.3 is 0 Å². The van der Waals surface area contributed by atoms with Gasteiger partial charge in [0.2, 0.25) is 0 Å². The zero-order valence-corrected chi connectivity index (χ0v) is 29.8. The maximum Gasteiger partial charge on any atom is 0.139 e. The van der Waals surface area contributed by atoms with Crippen molar-refractivity contribution in [2.75, 3.05) is 4.90 Å². The Bertz CT molecular complexity index is 2690. The summed E-state index contributed by atoms with van der Waals surface area (Å²) in [5.74, 6) is 1.01. The molecule has 0 atom stereocenters. The molecule has 1 heterocycles. The fourth-order valence-corrected chi connectivity index (χ4v) is 8.31. The van der Waals surface area contributed by atoms with Gasteiger partial charge in [0.05, 0.1) is 0 Å². The molecule has 9 aromatic rings. The standard InChI is InChI=1S/C51H37NO/c1-51(2)47-30-24-41(33-46(47)50-49(51)45-15-9-10-16-48(45)53-50)38-17-18-40-32-44(29-23-39(40)31-38)52(42-25-19-36(20-26-42)34-11-5-3-6-12-34)43-27-21-37(22-28-43)35-13-7-4-8-14-35/h3-33H,1-2H3. The van der Waals surface area contributed by atoms with Crippen LogP contribution in [0.15, 0.2) is 192 Å². The fourth-order valence-electron chi connectivity index (χ4n) is 8.31. The highest BCUT2D eigenvalue weighted by atomic mass is 16.3. The third-order valence-corrected chi connectivity index (χ3v) is 11.0. The lowest BCUT2D eigenvalue weighted by Gasteiger charge is -2.26. The van der Waals surface area contributed by atoms with E-state index in [1.54, 1.807) is 0 Å². The van der Waals surface area contributed by atoms with E-state index in [1.165, 1.54) is 66.2 Å². The fraction of sp³-hybridized carbons (Fsp3) is 0.0588. The minimum atomic E-state index is -0.120. The second-order valence-electron chi connectivity index (χ2n) is 14.6. The van der Waals surface area contributed by atoms with Gasteiger partial charge in [0.15, 0.2) is 0 Å². The van der Waals surface area contributed by atoms with Crippen LogP contribution in [0.4, 0.5) is 17.1 Å². The molecule has 2 nitrogen and oxygen atoms in total. The van der Waals surface area contributed by atoms with Crippen molar-refractivity contribution in [1.29, 1.82) is 0 Å². The van der Waals surface area contributed by atoms with E-state index in [0.29, 0.717) is 0 Å². The molecule has 8 aromatic carbocycles. The van der Waals surface area contributed by atoms with E-state index in [0.717, 1.165) is 28.4 Å². The summed E-state index contributed by atoms with van der Waals surface area (Å²) in [7, 11) is 0. The summed E-state index contributed by atoms with van der Waals surface area (Å²) in [6.45, 7) is 4.62. The molecule has 0 aliphatic heterocycles. The molecule has 0 N–H and O–H groups in total. The van der Waals surface area contributed by atoms with Crippen LogP contribution in [0, 0.1) is 0 Å². The van der Waals surface area contributed by atoms with E-state index >= 15 is 0 Å². The van der Waals surface area contributed by atoms with Crippen molar-refractivity contribution in [3.05, 3.63) is 199 Å². The van der Waals surface area contributed by atoms with Gasteiger partial charge in [-0.25, -0.2) is 0 Å². The highest BCUT2D eigenvalue weighted by molar-refractivity contribution is 5.97. The second kappa shape index (κ2) is 12.3. The number of fused-ring (bicyclic) bond motifs is 6. The van der Waals surface area contributed by atoms with Crippen LogP contribution in [0.25, 0.3) is 66.4 Å². The van der Waals surface area contributed by atoms with Crippen LogP contribution in [0.1, 0.15) is 25.0 Å². The molecule has 10 rings (SSSR count). The normalized spacial score (nSPS) is 12.9. The Morgan fingerprint density at radius 3 is 1.57 bits per heavy atom. The highest BCUT2D eigenvalue weighted by Gasteiger charge is 2.40. The Labute approximate surface area is 310 Å². The van der Waals surface area contributed by atoms with Gasteiger partial charge in [-0.05, 0) is 104 Å². The summed E-state index contributed by atoms with van der Waals surface area (Å²) in [6, 6.07) is 67.8. The van der Waals surface area contributed by atoms with Crippen molar-refractivity contribution in [1.82, 2.24) is 0 Å². The summed E-state index contributed by atoms with van der Waals surface area (Å²) in [5.41, 5.74) is 15.2. The molecule has 1 aliphatic rings. The van der Waals surface area contributed by atoms with Crippen LogP contribution < -0.4 is 4.90 Å². The largest absolute Gasteiger partial charge is 0.456 e. The molecule has 0 radical (unpaired) electrons.